The van der Waals surface area contributed by atoms with Crippen LogP contribution in [0.5, 0.6) is 0 Å². The summed E-state index contributed by atoms with van der Waals surface area (Å²) in [6, 6.07) is 32.0. The second-order valence-corrected chi connectivity index (χ2v) is 6.68. The maximum Gasteiger partial charge on any atom is 0.246 e. The Labute approximate surface area is 151 Å². The zero-order chi connectivity index (χ0) is 17.1. The number of fused-ring (bicyclic) bond motifs is 4. The van der Waals surface area contributed by atoms with E-state index in [1.54, 1.807) is 0 Å². The maximum absolute atomic E-state index is 5.06. The van der Waals surface area contributed by atoms with E-state index >= 15 is 0 Å². The molecule has 1 aromatic heterocycles. The van der Waals surface area contributed by atoms with Gasteiger partial charge < -0.3 is 0 Å². The molecule has 4 aromatic carbocycles. The molecule has 2 nitrogen and oxygen atoms in total. The van der Waals surface area contributed by atoms with Crippen LogP contribution in [-0.4, -0.2) is 4.98 Å². The van der Waals surface area contributed by atoms with Gasteiger partial charge in [-0.3, -0.25) is 0 Å². The third-order valence-electron chi connectivity index (χ3n) is 5.23. The third kappa shape index (κ3) is 1.71. The fourth-order valence-corrected chi connectivity index (χ4v) is 4.16. The van der Waals surface area contributed by atoms with Gasteiger partial charge >= 0.3 is 0 Å². The summed E-state index contributed by atoms with van der Waals surface area (Å²) in [5, 5.41) is 2.57. The van der Waals surface area contributed by atoms with Crippen LogP contribution in [-0.2, 0) is 0 Å². The second-order valence-electron chi connectivity index (χ2n) is 6.68. The normalized spacial score (nSPS) is 11.8. The molecule has 0 N–H and O–H groups in total. The van der Waals surface area contributed by atoms with Crippen molar-refractivity contribution in [1.82, 2.24) is 4.98 Å². The van der Waals surface area contributed by atoms with Crippen LogP contribution in [0.15, 0.2) is 91.0 Å². The summed E-state index contributed by atoms with van der Waals surface area (Å²) >= 11 is 0. The Morgan fingerprint density at radius 2 is 1.35 bits per heavy atom. The molecular weight excluding hydrogens is 316 g/mol. The Kier molecular flexibility index (Phi) is 2.64. The monoisotopic (exact) mass is 331 g/mol. The number of para-hydroxylation sites is 3. The molecule has 6 rings (SSSR count). The van der Waals surface area contributed by atoms with Crippen molar-refractivity contribution in [3.63, 3.8) is 0 Å². The van der Waals surface area contributed by atoms with Crippen LogP contribution in [0.1, 0.15) is 0 Å². The van der Waals surface area contributed by atoms with E-state index in [9.17, 15) is 0 Å². The van der Waals surface area contributed by atoms with E-state index in [2.05, 4.69) is 95.6 Å². The highest BCUT2D eigenvalue weighted by Crippen LogP contribution is 2.45. The molecule has 0 amide bonds. The Morgan fingerprint density at radius 3 is 2.19 bits per heavy atom. The summed E-state index contributed by atoms with van der Waals surface area (Å²) in [5.41, 5.74) is 8.04. The molecule has 1 heterocycles. The van der Waals surface area contributed by atoms with Crippen molar-refractivity contribution < 1.29 is 4.57 Å². The highest BCUT2D eigenvalue weighted by molar-refractivity contribution is 6.13. The number of rotatable bonds is 1. The van der Waals surface area contributed by atoms with Gasteiger partial charge in [0.2, 0.25) is 16.9 Å². The van der Waals surface area contributed by atoms with Crippen molar-refractivity contribution in [2.24, 2.45) is 0 Å². The van der Waals surface area contributed by atoms with Crippen LogP contribution in [0.25, 0.3) is 50.0 Å². The van der Waals surface area contributed by atoms with E-state index in [1.807, 2.05) is 0 Å². The number of aromatic nitrogens is 2. The maximum atomic E-state index is 5.06. The standard InChI is InChI=1S/C24H15N2/c1-2-10-17(11-3-1)26-21-15-5-4-14-20(21)25-23-18-12-6-8-16-9-7-13-19(22(16)18)24(23)26/h1-15H/q+1. The van der Waals surface area contributed by atoms with E-state index in [1.165, 1.54) is 27.6 Å². The molecule has 0 saturated heterocycles. The predicted molar refractivity (Wildman–Crippen MR) is 105 cm³/mol. The Morgan fingerprint density at radius 1 is 0.615 bits per heavy atom. The van der Waals surface area contributed by atoms with Gasteiger partial charge in [0.05, 0.1) is 5.56 Å². The minimum Gasteiger partial charge on any atom is -0.234 e. The molecule has 120 valence electrons. The van der Waals surface area contributed by atoms with E-state index in [0.29, 0.717) is 0 Å². The number of benzene rings is 4. The lowest BCUT2D eigenvalue weighted by Crippen LogP contribution is -2.35. The quantitative estimate of drug-likeness (QED) is 0.373. The Bertz CT molecular complexity index is 1320. The fourth-order valence-electron chi connectivity index (χ4n) is 4.16. The molecule has 0 saturated carbocycles. The van der Waals surface area contributed by atoms with Gasteiger partial charge in [-0.25, -0.2) is 4.98 Å². The zero-order valence-corrected chi connectivity index (χ0v) is 14.1. The van der Waals surface area contributed by atoms with E-state index in [-0.39, 0.29) is 0 Å². The lowest BCUT2D eigenvalue weighted by Gasteiger charge is -2.07. The van der Waals surface area contributed by atoms with Crippen LogP contribution in [0.4, 0.5) is 0 Å². The smallest absolute Gasteiger partial charge is 0.234 e. The van der Waals surface area contributed by atoms with E-state index in [0.717, 1.165) is 22.4 Å². The highest BCUT2D eigenvalue weighted by Gasteiger charge is 2.33. The predicted octanol–water partition coefficient (Wildman–Crippen LogP) is 5.31. The molecule has 5 aromatic rings. The first kappa shape index (κ1) is 13.7. The van der Waals surface area contributed by atoms with Crippen LogP contribution >= 0.6 is 0 Å². The Balaban J connectivity index is 1.87. The van der Waals surface area contributed by atoms with Crippen LogP contribution < -0.4 is 4.57 Å². The van der Waals surface area contributed by atoms with Crippen LogP contribution in [0, 0.1) is 0 Å². The zero-order valence-electron chi connectivity index (χ0n) is 14.1. The van der Waals surface area contributed by atoms with Gasteiger partial charge in [0, 0.05) is 29.1 Å². The van der Waals surface area contributed by atoms with Crippen molar-refractivity contribution in [1.29, 1.82) is 0 Å². The van der Waals surface area contributed by atoms with E-state index in [4.69, 9.17) is 4.98 Å². The molecular formula is C24H15N2+. The van der Waals surface area contributed by atoms with Crippen molar-refractivity contribution in [3.8, 4) is 28.2 Å². The molecule has 0 unspecified atom stereocenters. The van der Waals surface area contributed by atoms with Crippen LogP contribution in [0.3, 0.4) is 0 Å². The molecule has 1 aliphatic rings. The largest absolute Gasteiger partial charge is 0.246 e. The van der Waals surface area contributed by atoms with Crippen molar-refractivity contribution >= 4 is 21.8 Å². The summed E-state index contributed by atoms with van der Waals surface area (Å²) < 4.78 is 2.35. The molecule has 0 aliphatic heterocycles. The van der Waals surface area contributed by atoms with Gasteiger partial charge in [0.15, 0.2) is 0 Å². The summed E-state index contributed by atoms with van der Waals surface area (Å²) in [6.45, 7) is 0. The molecule has 2 heteroatoms. The topological polar surface area (TPSA) is 16.8 Å². The van der Waals surface area contributed by atoms with Crippen molar-refractivity contribution in [3.05, 3.63) is 91.0 Å². The molecule has 1 aliphatic carbocycles. The van der Waals surface area contributed by atoms with Gasteiger partial charge in [-0.05, 0) is 17.5 Å². The van der Waals surface area contributed by atoms with Crippen molar-refractivity contribution in [2.45, 2.75) is 0 Å². The lowest BCUT2D eigenvalue weighted by molar-refractivity contribution is -0.554. The minimum absolute atomic E-state index is 1.01. The molecule has 0 atom stereocenters. The summed E-state index contributed by atoms with van der Waals surface area (Å²) in [4.78, 5) is 5.06. The fraction of sp³-hybridized carbons (Fsp3) is 0. The molecule has 0 bridgehead atoms. The van der Waals surface area contributed by atoms with Gasteiger partial charge in [-0.1, -0.05) is 60.7 Å². The van der Waals surface area contributed by atoms with Gasteiger partial charge in [0.1, 0.15) is 11.2 Å². The first-order valence-corrected chi connectivity index (χ1v) is 8.84. The first-order chi connectivity index (χ1) is 12.9. The van der Waals surface area contributed by atoms with Crippen LogP contribution in [0.2, 0.25) is 0 Å². The molecule has 26 heavy (non-hydrogen) atoms. The summed E-state index contributed by atoms with van der Waals surface area (Å²) in [6.07, 6.45) is 0. The van der Waals surface area contributed by atoms with Gasteiger partial charge in [-0.15, -0.1) is 4.57 Å². The molecule has 0 fully saturated rings. The number of hydrogen-bond donors (Lipinski definition) is 0. The summed E-state index contributed by atoms with van der Waals surface area (Å²) in [5.74, 6) is 0. The van der Waals surface area contributed by atoms with Gasteiger partial charge in [0.25, 0.3) is 0 Å². The average Bonchev–Trinajstić information content (AvgIpc) is 3.03. The summed E-state index contributed by atoms with van der Waals surface area (Å²) in [7, 11) is 0. The molecule has 0 radical (unpaired) electrons. The average molecular weight is 331 g/mol. The number of nitrogens with zero attached hydrogens (tertiary/aromatic N) is 2. The Hall–Kier alpha value is -3.52. The van der Waals surface area contributed by atoms with E-state index < -0.39 is 0 Å². The van der Waals surface area contributed by atoms with Gasteiger partial charge in [-0.2, -0.15) is 0 Å². The minimum atomic E-state index is 1.01. The highest BCUT2D eigenvalue weighted by atomic mass is 15.0. The first-order valence-electron chi connectivity index (χ1n) is 8.84. The van der Waals surface area contributed by atoms with Crippen molar-refractivity contribution in [2.75, 3.05) is 0 Å². The third-order valence-corrected chi connectivity index (χ3v) is 5.23. The lowest BCUT2D eigenvalue weighted by atomic mass is 10.0. The molecule has 0 spiro atoms. The number of hydrogen-bond acceptors (Lipinski definition) is 1. The SMILES string of the molecule is c1ccc(-[n+]2c3c(nc4ccccc42)-c2cccc4cccc-3c24)cc1. The second kappa shape index (κ2) is 4.99.